The Hall–Kier alpha value is -3.65. The van der Waals surface area contributed by atoms with Gasteiger partial charge in [0.1, 0.15) is 30.0 Å². The lowest BCUT2D eigenvalue weighted by atomic mass is 10.1. The number of aliphatic hydroxyl groups excluding tert-OH is 2. The molecule has 2 aromatic heterocycles. The summed E-state index contributed by atoms with van der Waals surface area (Å²) in [5.74, 6) is 0.899. The number of hydrogen-bond acceptors (Lipinski definition) is 8. The Kier molecular flexibility index (Phi) is 9.25. The lowest BCUT2D eigenvalue weighted by Crippen LogP contribution is -2.48. The SMILES string of the molecule is CCNC(=O)c1ccc2c(n1)N(C(=O)Nc1ccc(OCC(O)CO)cn1)C1CCN2C1.FC(F)F. The zero-order chi connectivity index (χ0) is 26.2. The van der Waals surface area contributed by atoms with Gasteiger partial charge >= 0.3 is 12.7 Å². The second-order valence-electron chi connectivity index (χ2n) is 7.86. The van der Waals surface area contributed by atoms with Crippen LogP contribution in [-0.4, -0.2) is 83.8 Å². The van der Waals surface area contributed by atoms with Crippen LogP contribution in [0.15, 0.2) is 30.5 Å². The standard InChI is InChI=1S/C21H26N6O5.CHF3/c1-2-22-20(30)16-4-5-17-19(24-16)27(13-7-8-26(17)10-13)21(31)25-18-6-3-15(9-23-18)32-12-14(29)11-28;2-1(3)4/h3-6,9,13-14,28-29H,2,7-8,10-12H2,1H3,(H,22,30)(H,23,25,31);1H. The summed E-state index contributed by atoms with van der Waals surface area (Å²) in [7, 11) is 0. The lowest BCUT2D eigenvalue weighted by Gasteiger charge is -2.35. The molecule has 1 saturated heterocycles. The number of halogens is 3. The molecule has 2 bridgehead atoms. The summed E-state index contributed by atoms with van der Waals surface area (Å²) in [6.07, 6.45) is 1.25. The van der Waals surface area contributed by atoms with Crippen LogP contribution in [0.25, 0.3) is 0 Å². The van der Waals surface area contributed by atoms with Crippen LogP contribution >= 0.6 is 0 Å². The monoisotopic (exact) mass is 512 g/mol. The van der Waals surface area contributed by atoms with E-state index in [0.717, 1.165) is 18.7 Å². The molecule has 2 aliphatic heterocycles. The number of aliphatic hydroxyl groups is 2. The van der Waals surface area contributed by atoms with Gasteiger partial charge in [0.25, 0.3) is 5.91 Å². The van der Waals surface area contributed by atoms with E-state index in [4.69, 9.17) is 9.84 Å². The molecule has 2 unspecified atom stereocenters. The highest BCUT2D eigenvalue weighted by molar-refractivity contribution is 6.05. The third kappa shape index (κ3) is 6.73. The van der Waals surface area contributed by atoms with Crippen molar-refractivity contribution in [2.45, 2.75) is 32.2 Å². The Morgan fingerprint density at radius 2 is 2.00 bits per heavy atom. The summed E-state index contributed by atoms with van der Waals surface area (Å²) in [6.45, 7) is -0.288. The molecule has 4 rings (SSSR count). The van der Waals surface area contributed by atoms with Gasteiger partial charge in [-0.15, -0.1) is 0 Å². The smallest absolute Gasteiger partial charge is 0.379 e. The molecule has 196 valence electrons. The molecule has 4 N–H and O–H groups in total. The van der Waals surface area contributed by atoms with E-state index in [1.54, 1.807) is 23.1 Å². The van der Waals surface area contributed by atoms with Crippen molar-refractivity contribution in [2.24, 2.45) is 0 Å². The van der Waals surface area contributed by atoms with Crippen LogP contribution in [0.5, 0.6) is 5.75 Å². The first-order chi connectivity index (χ1) is 17.2. The van der Waals surface area contributed by atoms with Gasteiger partial charge in [-0.1, -0.05) is 0 Å². The number of amides is 3. The van der Waals surface area contributed by atoms with Crippen molar-refractivity contribution in [1.29, 1.82) is 0 Å². The number of fused-ring (bicyclic) bond motifs is 4. The van der Waals surface area contributed by atoms with Crippen molar-refractivity contribution in [3.63, 3.8) is 0 Å². The van der Waals surface area contributed by atoms with E-state index in [9.17, 15) is 27.9 Å². The van der Waals surface area contributed by atoms with E-state index in [0.29, 0.717) is 30.5 Å². The van der Waals surface area contributed by atoms with Crippen LogP contribution in [0.4, 0.5) is 35.3 Å². The highest BCUT2D eigenvalue weighted by Gasteiger charge is 2.40. The van der Waals surface area contributed by atoms with Gasteiger partial charge in [-0.25, -0.2) is 14.8 Å². The Bertz CT molecular complexity index is 1040. The van der Waals surface area contributed by atoms with Crippen LogP contribution in [0.2, 0.25) is 0 Å². The van der Waals surface area contributed by atoms with Crippen LogP contribution in [0.3, 0.4) is 0 Å². The fraction of sp³-hybridized carbons (Fsp3) is 0.455. The lowest BCUT2D eigenvalue weighted by molar-refractivity contribution is 0.00818. The molecule has 2 atom stereocenters. The van der Waals surface area contributed by atoms with Crippen molar-refractivity contribution >= 4 is 29.3 Å². The first-order valence-corrected chi connectivity index (χ1v) is 11.2. The summed E-state index contributed by atoms with van der Waals surface area (Å²) < 4.78 is 34.3. The third-order valence-corrected chi connectivity index (χ3v) is 5.37. The van der Waals surface area contributed by atoms with Gasteiger partial charge in [-0.05, 0) is 37.6 Å². The average Bonchev–Trinajstić information content (AvgIpc) is 3.27. The number of nitrogens with one attached hydrogen (secondary N) is 2. The molecule has 11 nitrogen and oxygen atoms in total. The van der Waals surface area contributed by atoms with Crippen molar-refractivity contribution in [3.8, 4) is 5.75 Å². The number of urea groups is 1. The predicted molar refractivity (Wildman–Crippen MR) is 124 cm³/mol. The van der Waals surface area contributed by atoms with Crippen LogP contribution in [0, 0.1) is 0 Å². The van der Waals surface area contributed by atoms with Crippen molar-refractivity contribution < 1.29 is 37.7 Å². The number of pyridine rings is 2. The van der Waals surface area contributed by atoms with Gasteiger partial charge in [0.05, 0.1) is 24.5 Å². The molecule has 2 aromatic rings. The maximum atomic E-state index is 13.2. The molecule has 1 fully saturated rings. The van der Waals surface area contributed by atoms with Crippen molar-refractivity contribution in [1.82, 2.24) is 15.3 Å². The summed E-state index contributed by atoms with van der Waals surface area (Å²) >= 11 is 0. The zero-order valence-corrected chi connectivity index (χ0v) is 19.4. The van der Waals surface area contributed by atoms with Gasteiger partial charge < -0.3 is 25.2 Å². The number of ether oxygens (including phenoxy) is 1. The maximum Gasteiger partial charge on any atom is 0.379 e. The fourth-order valence-corrected chi connectivity index (χ4v) is 3.80. The van der Waals surface area contributed by atoms with E-state index in [1.165, 1.54) is 6.20 Å². The number of hydrogen-bond donors (Lipinski definition) is 4. The summed E-state index contributed by atoms with van der Waals surface area (Å²) in [5, 5.41) is 23.7. The Balaban J connectivity index is 0.000000840. The second-order valence-corrected chi connectivity index (χ2v) is 7.86. The number of nitrogens with zero attached hydrogens (tertiary/aromatic N) is 4. The molecule has 0 saturated carbocycles. The molecular formula is C22H27F3N6O5. The molecule has 3 amide bonds. The number of anilines is 3. The molecule has 36 heavy (non-hydrogen) atoms. The molecule has 0 aromatic carbocycles. The highest BCUT2D eigenvalue weighted by atomic mass is 19.4. The van der Waals surface area contributed by atoms with Gasteiger partial charge in [0.2, 0.25) is 0 Å². The Labute approximate surface area is 204 Å². The van der Waals surface area contributed by atoms with Gasteiger partial charge in [-0.2, -0.15) is 13.2 Å². The number of rotatable bonds is 7. The third-order valence-electron chi connectivity index (χ3n) is 5.37. The van der Waals surface area contributed by atoms with E-state index < -0.39 is 19.4 Å². The Morgan fingerprint density at radius 1 is 1.25 bits per heavy atom. The average molecular weight is 512 g/mol. The van der Waals surface area contributed by atoms with E-state index in [-0.39, 0.29) is 30.3 Å². The predicted octanol–water partition coefficient (Wildman–Crippen LogP) is 1.77. The van der Waals surface area contributed by atoms with Crippen molar-refractivity contribution in [2.75, 3.05) is 48.0 Å². The fourth-order valence-electron chi connectivity index (χ4n) is 3.80. The first kappa shape index (κ1) is 26.9. The van der Waals surface area contributed by atoms with Crippen LogP contribution in [0.1, 0.15) is 23.8 Å². The summed E-state index contributed by atoms with van der Waals surface area (Å²) in [6, 6.07) is 6.27. The minimum absolute atomic E-state index is 0.0536. The maximum absolute atomic E-state index is 13.2. The number of alkyl halides is 3. The number of carbonyl (C=O) groups is 2. The van der Waals surface area contributed by atoms with E-state index in [1.807, 2.05) is 13.0 Å². The molecular weight excluding hydrogens is 485 g/mol. The molecule has 0 radical (unpaired) electrons. The number of aromatic nitrogens is 2. The molecule has 0 aliphatic carbocycles. The molecule has 4 heterocycles. The molecule has 2 aliphatic rings. The quantitative estimate of drug-likeness (QED) is 0.440. The topological polar surface area (TPSA) is 140 Å². The molecule has 0 spiro atoms. The van der Waals surface area contributed by atoms with Crippen molar-refractivity contribution in [3.05, 3.63) is 36.2 Å². The minimum atomic E-state index is -3.67. The second kappa shape index (κ2) is 12.4. The molecule has 14 heteroatoms. The van der Waals surface area contributed by atoms with Gasteiger partial charge in [-0.3, -0.25) is 15.0 Å². The van der Waals surface area contributed by atoms with E-state index in [2.05, 4.69) is 25.5 Å². The largest absolute Gasteiger partial charge is 0.489 e. The zero-order valence-electron chi connectivity index (χ0n) is 19.4. The van der Waals surface area contributed by atoms with Crippen LogP contribution < -0.4 is 25.2 Å². The van der Waals surface area contributed by atoms with Crippen LogP contribution in [-0.2, 0) is 0 Å². The van der Waals surface area contributed by atoms with E-state index >= 15 is 0 Å². The summed E-state index contributed by atoms with van der Waals surface area (Å²) in [4.78, 5) is 37.9. The minimum Gasteiger partial charge on any atom is -0.489 e. The van der Waals surface area contributed by atoms with Gasteiger partial charge in [0, 0.05) is 19.6 Å². The van der Waals surface area contributed by atoms with Gasteiger partial charge in [0.15, 0.2) is 5.82 Å². The highest BCUT2D eigenvalue weighted by Crippen LogP contribution is 2.39. The first-order valence-electron chi connectivity index (χ1n) is 11.2. The normalized spacial score (nSPS) is 16.6. The number of carbonyl (C=O) groups excluding carboxylic acids is 2. The summed E-state index contributed by atoms with van der Waals surface area (Å²) in [5.41, 5.74) is 1.08. The Morgan fingerprint density at radius 3 is 2.64 bits per heavy atom.